The topological polar surface area (TPSA) is 23.5 Å². The van der Waals surface area contributed by atoms with Crippen LogP contribution in [0.15, 0.2) is 22.7 Å². The second kappa shape index (κ2) is 6.13. The van der Waals surface area contributed by atoms with Gasteiger partial charge in [-0.25, -0.2) is 0 Å². The molecular weight excluding hydrogens is 323 g/mol. The fourth-order valence-electron chi connectivity index (χ4n) is 2.01. The molecule has 0 radical (unpaired) electrons. The van der Waals surface area contributed by atoms with Crippen molar-refractivity contribution in [3.05, 3.63) is 28.2 Å². The molecule has 0 aromatic heterocycles. The molecule has 0 aliphatic carbocycles. The van der Waals surface area contributed by atoms with E-state index in [0.717, 1.165) is 4.47 Å². The van der Waals surface area contributed by atoms with E-state index < -0.39 is 18.8 Å². The van der Waals surface area contributed by atoms with Crippen LogP contribution in [0.1, 0.15) is 32.4 Å². The van der Waals surface area contributed by atoms with Crippen molar-refractivity contribution < 1.29 is 18.3 Å². The second-order valence-corrected chi connectivity index (χ2v) is 5.68. The first-order chi connectivity index (χ1) is 8.61. The lowest BCUT2D eigenvalue weighted by Gasteiger charge is -2.33. The smallest absolute Gasteiger partial charge is 0.401 e. The SMILES string of the molecule is CC(C)N(CC(F)(F)F)C(C)c1cc(Br)ccc1O. The first kappa shape index (κ1) is 16.3. The van der Waals surface area contributed by atoms with E-state index in [4.69, 9.17) is 0 Å². The summed E-state index contributed by atoms with van der Waals surface area (Å²) in [7, 11) is 0. The van der Waals surface area contributed by atoms with E-state index in [2.05, 4.69) is 15.9 Å². The molecule has 1 atom stereocenters. The van der Waals surface area contributed by atoms with Gasteiger partial charge in [-0.3, -0.25) is 4.90 Å². The average Bonchev–Trinajstić information content (AvgIpc) is 2.27. The lowest BCUT2D eigenvalue weighted by atomic mass is 10.0. The van der Waals surface area contributed by atoms with Crippen molar-refractivity contribution in [2.45, 2.75) is 39.0 Å². The van der Waals surface area contributed by atoms with E-state index in [-0.39, 0.29) is 11.8 Å². The van der Waals surface area contributed by atoms with Crippen molar-refractivity contribution in [2.24, 2.45) is 0 Å². The van der Waals surface area contributed by atoms with Gasteiger partial charge >= 0.3 is 6.18 Å². The number of rotatable bonds is 4. The van der Waals surface area contributed by atoms with Crippen LogP contribution in [0.3, 0.4) is 0 Å². The Morgan fingerprint density at radius 2 is 1.84 bits per heavy atom. The van der Waals surface area contributed by atoms with Crippen molar-refractivity contribution in [1.29, 1.82) is 0 Å². The Hall–Kier alpha value is -0.750. The number of hydrogen-bond donors (Lipinski definition) is 1. The highest BCUT2D eigenvalue weighted by molar-refractivity contribution is 9.10. The molecule has 0 heterocycles. The first-order valence-electron chi connectivity index (χ1n) is 5.92. The monoisotopic (exact) mass is 339 g/mol. The summed E-state index contributed by atoms with van der Waals surface area (Å²) >= 11 is 3.26. The summed E-state index contributed by atoms with van der Waals surface area (Å²) in [5, 5.41) is 9.81. The van der Waals surface area contributed by atoms with Crippen molar-refractivity contribution in [3.8, 4) is 5.75 Å². The van der Waals surface area contributed by atoms with E-state index in [1.165, 1.54) is 11.0 Å². The third-order valence-electron chi connectivity index (χ3n) is 2.96. The molecule has 0 saturated heterocycles. The molecule has 1 rings (SSSR count). The number of alkyl halides is 3. The molecule has 0 bridgehead atoms. The van der Waals surface area contributed by atoms with Gasteiger partial charge in [-0.05, 0) is 39.0 Å². The number of halogens is 4. The van der Waals surface area contributed by atoms with Gasteiger partial charge in [0.15, 0.2) is 0 Å². The van der Waals surface area contributed by atoms with E-state index >= 15 is 0 Å². The van der Waals surface area contributed by atoms with Crippen molar-refractivity contribution >= 4 is 15.9 Å². The van der Waals surface area contributed by atoms with Gasteiger partial charge in [0.1, 0.15) is 5.75 Å². The average molecular weight is 340 g/mol. The zero-order valence-corrected chi connectivity index (χ0v) is 12.6. The van der Waals surface area contributed by atoms with Gasteiger partial charge in [0.05, 0.1) is 6.54 Å². The van der Waals surface area contributed by atoms with E-state index in [0.29, 0.717) is 5.56 Å². The Morgan fingerprint density at radius 3 is 2.32 bits per heavy atom. The van der Waals surface area contributed by atoms with E-state index in [1.54, 1.807) is 32.9 Å². The van der Waals surface area contributed by atoms with Gasteiger partial charge in [-0.2, -0.15) is 13.2 Å². The maximum atomic E-state index is 12.6. The Kier molecular flexibility index (Phi) is 5.26. The molecule has 1 aromatic rings. The maximum Gasteiger partial charge on any atom is 0.401 e. The molecule has 0 aliphatic heterocycles. The van der Waals surface area contributed by atoms with Crippen LogP contribution in [0.25, 0.3) is 0 Å². The summed E-state index contributed by atoms with van der Waals surface area (Å²) in [4.78, 5) is 1.31. The number of phenols is 1. The fraction of sp³-hybridized carbons (Fsp3) is 0.538. The number of phenolic OH excluding ortho intramolecular Hbond substituents is 1. The molecule has 2 nitrogen and oxygen atoms in total. The number of benzene rings is 1. The van der Waals surface area contributed by atoms with Crippen LogP contribution >= 0.6 is 15.9 Å². The quantitative estimate of drug-likeness (QED) is 0.873. The Bertz CT molecular complexity index is 434. The number of aromatic hydroxyl groups is 1. The van der Waals surface area contributed by atoms with Crippen LogP contribution in [-0.4, -0.2) is 28.8 Å². The van der Waals surface area contributed by atoms with Gasteiger partial charge in [0.2, 0.25) is 0 Å². The van der Waals surface area contributed by atoms with Crippen molar-refractivity contribution in [2.75, 3.05) is 6.54 Å². The lowest BCUT2D eigenvalue weighted by Crippen LogP contribution is -2.40. The molecule has 1 N–H and O–H groups in total. The van der Waals surface area contributed by atoms with Gasteiger partial charge in [0, 0.05) is 22.1 Å². The van der Waals surface area contributed by atoms with Gasteiger partial charge in [-0.15, -0.1) is 0 Å². The predicted molar refractivity (Wildman–Crippen MR) is 72.1 cm³/mol. The summed E-state index contributed by atoms with van der Waals surface area (Å²) in [5.74, 6) is 0.00326. The number of hydrogen-bond acceptors (Lipinski definition) is 2. The zero-order chi connectivity index (χ0) is 14.8. The van der Waals surface area contributed by atoms with Gasteiger partial charge < -0.3 is 5.11 Å². The molecule has 1 aromatic carbocycles. The Labute approximate surface area is 119 Å². The molecule has 108 valence electrons. The minimum Gasteiger partial charge on any atom is -0.508 e. The standard InChI is InChI=1S/C13H17BrF3NO/c1-8(2)18(7-13(15,16)17)9(3)11-6-10(14)4-5-12(11)19/h4-6,8-9,19H,7H2,1-3H3. The molecule has 6 heteroatoms. The van der Waals surface area contributed by atoms with Gasteiger partial charge in [0.25, 0.3) is 0 Å². The molecular formula is C13H17BrF3NO. The van der Waals surface area contributed by atoms with Crippen LogP contribution < -0.4 is 0 Å². The minimum atomic E-state index is -4.26. The molecule has 0 saturated carbocycles. The summed E-state index contributed by atoms with van der Waals surface area (Å²) in [6, 6.07) is 3.96. The van der Waals surface area contributed by atoms with Gasteiger partial charge in [-0.1, -0.05) is 15.9 Å². The lowest BCUT2D eigenvalue weighted by molar-refractivity contribution is -0.154. The number of nitrogens with zero attached hydrogens (tertiary/aromatic N) is 1. The normalized spacial score (nSPS) is 14.2. The molecule has 0 fully saturated rings. The van der Waals surface area contributed by atoms with Crippen molar-refractivity contribution in [1.82, 2.24) is 4.90 Å². The van der Waals surface area contributed by atoms with E-state index in [9.17, 15) is 18.3 Å². The molecule has 0 amide bonds. The van der Waals surface area contributed by atoms with E-state index in [1.807, 2.05) is 0 Å². The largest absolute Gasteiger partial charge is 0.508 e. The fourth-order valence-corrected chi connectivity index (χ4v) is 2.39. The Balaban J connectivity index is 3.05. The van der Waals surface area contributed by atoms with Crippen molar-refractivity contribution in [3.63, 3.8) is 0 Å². The van der Waals surface area contributed by atoms with Crippen LogP contribution in [-0.2, 0) is 0 Å². The third-order valence-corrected chi connectivity index (χ3v) is 3.46. The highest BCUT2D eigenvalue weighted by Crippen LogP contribution is 2.33. The molecule has 1 unspecified atom stereocenters. The van der Waals surface area contributed by atoms with Crippen LogP contribution in [0.4, 0.5) is 13.2 Å². The third kappa shape index (κ3) is 4.69. The molecule has 0 aliphatic rings. The summed E-state index contributed by atoms with van der Waals surface area (Å²) in [6.45, 7) is 4.07. The first-order valence-corrected chi connectivity index (χ1v) is 6.72. The second-order valence-electron chi connectivity index (χ2n) is 4.76. The summed E-state index contributed by atoms with van der Waals surface area (Å²) in [5.41, 5.74) is 0.479. The maximum absolute atomic E-state index is 12.6. The highest BCUT2D eigenvalue weighted by atomic mass is 79.9. The van der Waals surface area contributed by atoms with Crippen LogP contribution in [0.5, 0.6) is 5.75 Å². The van der Waals surface area contributed by atoms with Crippen LogP contribution in [0, 0.1) is 0 Å². The van der Waals surface area contributed by atoms with Crippen LogP contribution in [0.2, 0.25) is 0 Å². The highest BCUT2D eigenvalue weighted by Gasteiger charge is 2.34. The minimum absolute atomic E-state index is 0.00326. The summed E-state index contributed by atoms with van der Waals surface area (Å²) < 4.78 is 38.6. The predicted octanol–water partition coefficient (Wildman–Crippen LogP) is 4.49. The Morgan fingerprint density at radius 1 is 1.26 bits per heavy atom. The summed E-state index contributed by atoms with van der Waals surface area (Å²) in [6.07, 6.45) is -4.26. The molecule has 19 heavy (non-hydrogen) atoms. The zero-order valence-electron chi connectivity index (χ0n) is 11.0. The molecule has 0 spiro atoms.